The van der Waals surface area contributed by atoms with Crippen LogP contribution in [0.2, 0.25) is 10.0 Å². The van der Waals surface area contributed by atoms with E-state index in [4.69, 9.17) is 32.7 Å². The molecule has 0 bridgehead atoms. The van der Waals surface area contributed by atoms with E-state index in [1.54, 1.807) is 17.0 Å². The van der Waals surface area contributed by atoms with Crippen LogP contribution in [-0.4, -0.2) is 72.6 Å². The van der Waals surface area contributed by atoms with Crippen molar-refractivity contribution in [3.63, 3.8) is 0 Å². The van der Waals surface area contributed by atoms with Gasteiger partial charge in [-0.3, -0.25) is 4.79 Å². The van der Waals surface area contributed by atoms with Gasteiger partial charge in [0.15, 0.2) is 0 Å². The Morgan fingerprint density at radius 3 is 2.75 bits per heavy atom. The van der Waals surface area contributed by atoms with Crippen molar-refractivity contribution in [1.29, 1.82) is 0 Å². The molecular weight excluding hydrogens is 457 g/mol. The van der Waals surface area contributed by atoms with Crippen molar-refractivity contribution in [1.82, 2.24) is 15.5 Å². The fourth-order valence-corrected chi connectivity index (χ4v) is 4.36. The monoisotopic (exact) mass is 487 g/mol. The topological polar surface area (TPSA) is 100 Å². The van der Waals surface area contributed by atoms with Gasteiger partial charge < -0.3 is 30.1 Å². The van der Waals surface area contributed by atoms with Crippen molar-refractivity contribution in [2.45, 2.75) is 63.5 Å². The fraction of sp³-hybridized carbons (Fsp3) is 0.636. The lowest BCUT2D eigenvalue weighted by molar-refractivity contribution is -0.150. The van der Waals surface area contributed by atoms with Crippen LogP contribution in [0.1, 0.15) is 38.2 Å². The number of nitrogens with zero attached hydrogens (tertiary/aromatic N) is 1. The minimum atomic E-state index is -0.742. The van der Waals surface area contributed by atoms with Crippen LogP contribution in [-0.2, 0) is 20.8 Å². The molecule has 0 aromatic heterocycles. The predicted octanol–water partition coefficient (Wildman–Crippen LogP) is 2.73. The molecular formula is C22H31Cl2N3O5. The number of aliphatic hydroxyl groups is 1. The number of fused-ring (bicyclic) bond motifs is 1. The van der Waals surface area contributed by atoms with Crippen LogP contribution < -0.4 is 10.6 Å². The molecule has 178 valence electrons. The third-order valence-electron chi connectivity index (χ3n) is 5.65. The van der Waals surface area contributed by atoms with E-state index in [2.05, 4.69) is 10.6 Å². The van der Waals surface area contributed by atoms with Crippen LogP contribution in [0.4, 0.5) is 4.79 Å². The number of hydrogen-bond donors (Lipinski definition) is 3. The molecule has 2 fully saturated rings. The fourth-order valence-electron chi connectivity index (χ4n) is 4.04. The second-order valence-electron chi connectivity index (χ2n) is 8.25. The van der Waals surface area contributed by atoms with Crippen LogP contribution in [0.5, 0.6) is 0 Å². The van der Waals surface area contributed by atoms with Gasteiger partial charge in [0.1, 0.15) is 6.10 Å². The highest BCUT2D eigenvalue weighted by Crippen LogP contribution is 2.28. The first-order chi connectivity index (χ1) is 15.4. The van der Waals surface area contributed by atoms with Crippen molar-refractivity contribution in [2.24, 2.45) is 0 Å². The van der Waals surface area contributed by atoms with E-state index in [-0.39, 0.29) is 56.4 Å². The second-order valence-corrected chi connectivity index (χ2v) is 9.06. The number of halogens is 2. The van der Waals surface area contributed by atoms with Gasteiger partial charge >= 0.3 is 6.03 Å². The van der Waals surface area contributed by atoms with Gasteiger partial charge in [-0.1, -0.05) is 36.2 Å². The SMILES string of the molecule is CCCNC(=O)N1C[C@@H](O)COC[C@@H]2O[C@@H](CC(=O)NCc3ccc(Cl)c(Cl)c3)CC[C@H]21. The normalized spacial score (nSPS) is 25.9. The lowest BCUT2D eigenvalue weighted by Gasteiger charge is -2.44. The maximum atomic E-state index is 12.7. The number of carbonyl (C=O) groups is 2. The van der Waals surface area contributed by atoms with Gasteiger partial charge in [0.05, 0.1) is 54.5 Å². The van der Waals surface area contributed by atoms with Gasteiger partial charge in [-0.05, 0) is 37.0 Å². The van der Waals surface area contributed by atoms with Crippen molar-refractivity contribution in [3.8, 4) is 0 Å². The third-order valence-corrected chi connectivity index (χ3v) is 6.39. The predicted molar refractivity (Wildman–Crippen MR) is 122 cm³/mol. The Morgan fingerprint density at radius 2 is 2.00 bits per heavy atom. The quantitative estimate of drug-likeness (QED) is 0.572. The molecule has 0 unspecified atom stereocenters. The first-order valence-electron chi connectivity index (χ1n) is 11.0. The van der Waals surface area contributed by atoms with E-state index in [1.165, 1.54) is 0 Å². The minimum absolute atomic E-state index is 0.126. The number of β-amino-alcohol motifs (C(OH)–C–C–N with tert-alkyl or cyclic N) is 1. The summed E-state index contributed by atoms with van der Waals surface area (Å²) in [5.41, 5.74) is 0.859. The highest BCUT2D eigenvalue weighted by atomic mass is 35.5. The molecule has 2 aliphatic rings. The molecule has 3 amide bonds. The summed E-state index contributed by atoms with van der Waals surface area (Å²) in [6.07, 6.45) is 0.994. The van der Waals surface area contributed by atoms with Gasteiger partial charge in [0, 0.05) is 13.1 Å². The summed E-state index contributed by atoms with van der Waals surface area (Å²) in [6, 6.07) is 4.82. The summed E-state index contributed by atoms with van der Waals surface area (Å²) in [4.78, 5) is 26.8. The van der Waals surface area contributed by atoms with Gasteiger partial charge in [-0.2, -0.15) is 0 Å². The Bertz CT molecular complexity index is 797. The first-order valence-corrected chi connectivity index (χ1v) is 11.8. The molecule has 0 spiro atoms. The number of amides is 3. The highest BCUT2D eigenvalue weighted by molar-refractivity contribution is 6.42. The standard InChI is InChI=1S/C22H31Cl2N3O5/c1-2-7-25-22(30)27-11-15(28)12-31-13-20-19(27)6-4-16(32-20)9-21(29)26-10-14-3-5-17(23)18(24)8-14/h3,5,8,15-16,19-20,28H,2,4,6-7,9-13H2,1H3,(H,25,30)(H,26,29)/t15-,16-,19-,20+/m1/s1. The Balaban J connectivity index is 1.55. The minimum Gasteiger partial charge on any atom is -0.389 e. The molecule has 0 aliphatic carbocycles. The lowest BCUT2D eigenvalue weighted by Crippen LogP contribution is -2.59. The van der Waals surface area contributed by atoms with Crippen molar-refractivity contribution in [3.05, 3.63) is 33.8 Å². The Morgan fingerprint density at radius 1 is 1.19 bits per heavy atom. The Hall–Kier alpha value is -1.58. The highest BCUT2D eigenvalue weighted by Gasteiger charge is 2.39. The molecule has 2 aliphatic heterocycles. The zero-order chi connectivity index (χ0) is 23.1. The number of carbonyl (C=O) groups excluding carboxylic acids is 2. The average Bonchev–Trinajstić information content (AvgIpc) is 2.76. The molecule has 4 atom stereocenters. The van der Waals surface area contributed by atoms with Crippen LogP contribution >= 0.6 is 23.2 Å². The molecule has 0 saturated carbocycles. The molecule has 10 heteroatoms. The maximum absolute atomic E-state index is 12.7. The van der Waals surface area contributed by atoms with Crippen LogP contribution in [0, 0.1) is 0 Å². The number of rotatable bonds is 6. The zero-order valence-electron chi connectivity index (χ0n) is 18.2. The third kappa shape index (κ3) is 6.96. The molecule has 32 heavy (non-hydrogen) atoms. The van der Waals surface area contributed by atoms with Gasteiger partial charge in [-0.15, -0.1) is 0 Å². The first kappa shape index (κ1) is 25.1. The van der Waals surface area contributed by atoms with E-state index < -0.39 is 6.10 Å². The van der Waals surface area contributed by atoms with Crippen molar-refractivity contribution in [2.75, 3.05) is 26.3 Å². The number of hydrogen-bond acceptors (Lipinski definition) is 5. The molecule has 1 aromatic rings. The number of nitrogens with one attached hydrogen (secondary N) is 2. The Kier molecular flexibility index (Phi) is 9.43. The number of urea groups is 1. The van der Waals surface area contributed by atoms with E-state index in [0.717, 1.165) is 12.0 Å². The molecule has 3 rings (SSSR count). The molecule has 2 saturated heterocycles. The average molecular weight is 488 g/mol. The summed E-state index contributed by atoms with van der Waals surface area (Å²) in [5.74, 6) is -0.126. The number of ether oxygens (including phenoxy) is 2. The zero-order valence-corrected chi connectivity index (χ0v) is 19.7. The second kappa shape index (κ2) is 12.0. The molecule has 8 nitrogen and oxygen atoms in total. The lowest BCUT2D eigenvalue weighted by atomic mass is 9.95. The molecule has 3 N–H and O–H groups in total. The van der Waals surface area contributed by atoms with Gasteiger partial charge in [-0.25, -0.2) is 4.79 Å². The van der Waals surface area contributed by atoms with Crippen molar-refractivity contribution < 1.29 is 24.2 Å². The largest absolute Gasteiger partial charge is 0.389 e. The van der Waals surface area contributed by atoms with Crippen molar-refractivity contribution >= 4 is 35.1 Å². The van der Waals surface area contributed by atoms with E-state index in [0.29, 0.717) is 36.0 Å². The summed E-state index contributed by atoms with van der Waals surface area (Å²) in [5, 5.41) is 16.8. The molecule has 0 radical (unpaired) electrons. The summed E-state index contributed by atoms with van der Waals surface area (Å²) >= 11 is 11.9. The smallest absolute Gasteiger partial charge is 0.317 e. The molecule has 2 heterocycles. The Labute approximate surface area is 198 Å². The summed E-state index contributed by atoms with van der Waals surface area (Å²) in [7, 11) is 0. The van der Waals surface area contributed by atoms with Gasteiger partial charge in [0.25, 0.3) is 0 Å². The van der Waals surface area contributed by atoms with E-state index in [1.807, 2.05) is 13.0 Å². The summed E-state index contributed by atoms with van der Waals surface area (Å²) in [6.45, 7) is 3.50. The van der Waals surface area contributed by atoms with E-state index >= 15 is 0 Å². The maximum Gasteiger partial charge on any atom is 0.317 e. The number of benzene rings is 1. The van der Waals surface area contributed by atoms with Crippen LogP contribution in [0.25, 0.3) is 0 Å². The van der Waals surface area contributed by atoms with Gasteiger partial charge in [0.2, 0.25) is 5.91 Å². The summed E-state index contributed by atoms with van der Waals surface area (Å²) < 4.78 is 11.8. The molecule has 1 aromatic carbocycles. The van der Waals surface area contributed by atoms with Crippen LogP contribution in [0.15, 0.2) is 18.2 Å². The van der Waals surface area contributed by atoms with Crippen LogP contribution in [0.3, 0.4) is 0 Å². The van der Waals surface area contributed by atoms with E-state index in [9.17, 15) is 14.7 Å². The number of aliphatic hydroxyl groups excluding tert-OH is 1.